The summed E-state index contributed by atoms with van der Waals surface area (Å²) in [6.07, 6.45) is 4.96. The second-order valence-electron chi connectivity index (χ2n) is 8.19. The molecule has 2 aliphatic rings. The molecule has 3 rings (SSSR count). The van der Waals surface area contributed by atoms with Crippen LogP contribution in [0, 0.1) is 0 Å². The van der Waals surface area contributed by atoms with E-state index in [1.165, 1.54) is 4.90 Å². The molecule has 0 atom stereocenters. The Morgan fingerprint density at radius 2 is 1.63 bits per heavy atom. The minimum atomic E-state index is -0.201. The van der Waals surface area contributed by atoms with Crippen molar-refractivity contribution in [2.24, 2.45) is 0 Å². The summed E-state index contributed by atoms with van der Waals surface area (Å²) < 4.78 is 11.3. The predicted octanol–water partition coefficient (Wildman–Crippen LogP) is 3.86. The number of likely N-dealkylation sites (tertiary alicyclic amines) is 1. The lowest BCUT2D eigenvalue weighted by Gasteiger charge is -2.20. The van der Waals surface area contributed by atoms with Crippen LogP contribution >= 0.6 is 0 Å². The Balaban J connectivity index is 1.77. The Morgan fingerprint density at radius 1 is 0.967 bits per heavy atom. The molecule has 6 nitrogen and oxygen atoms in total. The van der Waals surface area contributed by atoms with E-state index in [0.29, 0.717) is 30.8 Å². The van der Waals surface area contributed by atoms with Crippen molar-refractivity contribution in [3.63, 3.8) is 0 Å². The Hall–Kier alpha value is -2.34. The molecule has 6 heteroatoms. The summed E-state index contributed by atoms with van der Waals surface area (Å²) >= 11 is 0. The Bertz CT molecular complexity index is 764. The monoisotopic (exact) mass is 414 g/mol. The molecule has 0 spiro atoms. The molecule has 0 unspecified atom stereocenters. The number of hydrogen-bond acceptors (Lipinski definition) is 5. The highest BCUT2D eigenvalue weighted by atomic mass is 16.5. The lowest BCUT2D eigenvalue weighted by Crippen LogP contribution is -2.35. The maximum absolute atomic E-state index is 13.3. The molecule has 2 heterocycles. The fraction of sp³-hybridized carbons (Fsp3) is 0.583. The van der Waals surface area contributed by atoms with Crippen molar-refractivity contribution in [2.75, 3.05) is 32.8 Å². The largest absolute Gasteiger partial charge is 0.491 e. The van der Waals surface area contributed by atoms with Crippen molar-refractivity contribution in [2.45, 2.75) is 59.0 Å². The maximum Gasteiger partial charge on any atom is 0.277 e. The lowest BCUT2D eigenvalue weighted by molar-refractivity contribution is -0.137. The van der Waals surface area contributed by atoms with Gasteiger partial charge in [0.25, 0.3) is 11.8 Å². The van der Waals surface area contributed by atoms with Crippen LogP contribution in [0.5, 0.6) is 5.75 Å². The van der Waals surface area contributed by atoms with Crippen molar-refractivity contribution in [1.82, 2.24) is 9.80 Å². The van der Waals surface area contributed by atoms with Crippen LogP contribution < -0.4 is 4.74 Å². The van der Waals surface area contributed by atoms with Gasteiger partial charge in [0.2, 0.25) is 0 Å². The number of amides is 2. The molecule has 0 aromatic heterocycles. The third-order valence-electron chi connectivity index (χ3n) is 5.39. The van der Waals surface area contributed by atoms with Gasteiger partial charge in [-0.05, 0) is 57.2 Å². The van der Waals surface area contributed by atoms with Crippen molar-refractivity contribution >= 4 is 17.4 Å². The first kappa shape index (κ1) is 22.3. The number of carbonyl (C=O) groups is 2. The number of unbranched alkanes of at least 4 members (excludes halogenated alkanes) is 1. The molecule has 1 fully saturated rings. The third-order valence-corrected chi connectivity index (χ3v) is 5.39. The summed E-state index contributed by atoms with van der Waals surface area (Å²) in [7, 11) is 0. The number of benzene rings is 1. The number of carbonyl (C=O) groups excluding carboxylic acids is 2. The summed E-state index contributed by atoms with van der Waals surface area (Å²) in [5.41, 5.74) is 1.85. The van der Waals surface area contributed by atoms with E-state index in [1.807, 2.05) is 38.1 Å². The van der Waals surface area contributed by atoms with Crippen LogP contribution in [0.3, 0.4) is 0 Å². The molecular weight excluding hydrogens is 380 g/mol. The number of nitrogens with zero attached hydrogens (tertiary/aromatic N) is 2. The Labute approximate surface area is 179 Å². The van der Waals surface area contributed by atoms with Crippen LogP contribution in [0.2, 0.25) is 0 Å². The van der Waals surface area contributed by atoms with Crippen molar-refractivity contribution in [3.8, 4) is 5.75 Å². The fourth-order valence-electron chi connectivity index (χ4n) is 3.91. The predicted molar refractivity (Wildman–Crippen MR) is 117 cm³/mol. The molecule has 2 amide bonds. The molecule has 0 aliphatic carbocycles. The molecule has 0 saturated carbocycles. The third kappa shape index (κ3) is 5.22. The first-order valence-corrected chi connectivity index (χ1v) is 11.2. The summed E-state index contributed by atoms with van der Waals surface area (Å²) in [4.78, 5) is 29.9. The zero-order chi connectivity index (χ0) is 21.5. The van der Waals surface area contributed by atoms with Gasteiger partial charge in [0, 0.05) is 32.8 Å². The van der Waals surface area contributed by atoms with E-state index in [1.54, 1.807) is 0 Å². The quantitative estimate of drug-likeness (QED) is 0.407. The van der Waals surface area contributed by atoms with E-state index in [-0.39, 0.29) is 17.9 Å². The van der Waals surface area contributed by atoms with Gasteiger partial charge in [-0.3, -0.25) is 14.5 Å². The van der Waals surface area contributed by atoms with E-state index in [0.717, 1.165) is 56.7 Å². The van der Waals surface area contributed by atoms with Gasteiger partial charge in [0.15, 0.2) is 0 Å². The van der Waals surface area contributed by atoms with Gasteiger partial charge in [0.1, 0.15) is 11.4 Å². The second kappa shape index (κ2) is 10.6. The van der Waals surface area contributed by atoms with Crippen molar-refractivity contribution in [1.29, 1.82) is 0 Å². The second-order valence-corrected chi connectivity index (χ2v) is 8.19. The number of ether oxygens (including phenoxy) is 2. The van der Waals surface area contributed by atoms with Gasteiger partial charge in [-0.1, -0.05) is 25.5 Å². The minimum Gasteiger partial charge on any atom is -0.491 e. The minimum absolute atomic E-state index is 0.0833. The highest BCUT2D eigenvalue weighted by Crippen LogP contribution is 2.34. The lowest BCUT2D eigenvalue weighted by atomic mass is 10.0. The molecule has 1 aromatic carbocycles. The normalized spacial score (nSPS) is 17.1. The van der Waals surface area contributed by atoms with E-state index < -0.39 is 0 Å². The van der Waals surface area contributed by atoms with Crippen LogP contribution in [0.4, 0.5) is 0 Å². The van der Waals surface area contributed by atoms with Gasteiger partial charge in [-0.25, -0.2) is 0 Å². The fourth-order valence-corrected chi connectivity index (χ4v) is 3.91. The highest BCUT2D eigenvalue weighted by Gasteiger charge is 2.41. The molecule has 2 aliphatic heterocycles. The summed E-state index contributed by atoms with van der Waals surface area (Å²) in [6, 6.07) is 7.50. The average Bonchev–Trinajstić information content (AvgIpc) is 3.32. The average molecular weight is 415 g/mol. The van der Waals surface area contributed by atoms with Gasteiger partial charge in [-0.15, -0.1) is 0 Å². The summed E-state index contributed by atoms with van der Waals surface area (Å²) in [5, 5.41) is 0. The first-order valence-electron chi connectivity index (χ1n) is 11.2. The molecular formula is C24H34N2O4. The van der Waals surface area contributed by atoms with E-state index >= 15 is 0 Å². The topological polar surface area (TPSA) is 59.1 Å². The number of hydrogen-bond donors (Lipinski definition) is 0. The van der Waals surface area contributed by atoms with Crippen molar-refractivity contribution in [3.05, 3.63) is 35.5 Å². The van der Waals surface area contributed by atoms with Crippen LogP contribution in [-0.4, -0.2) is 60.6 Å². The molecule has 1 aromatic rings. The Kier molecular flexibility index (Phi) is 7.91. The molecule has 0 N–H and O–H groups in total. The molecule has 0 bridgehead atoms. The van der Waals surface area contributed by atoms with E-state index in [9.17, 15) is 9.59 Å². The van der Waals surface area contributed by atoms with Crippen LogP contribution in [0.1, 0.15) is 58.4 Å². The van der Waals surface area contributed by atoms with Gasteiger partial charge in [0.05, 0.1) is 11.7 Å². The van der Waals surface area contributed by atoms with Gasteiger partial charge < -0.3 is 14.4 Å². The van der Waals surface area contributed by atoms with Crippen molar-refractivity contribution < 1.29 is 19.1 Å². The molecule has 1 saturated heterocycles. The summed E-state index contributed by atoms with van der Waals surface area (Å²) in [6.45, 7) is 9.40. The Morgan fingerprint density at radius 3 is 2.27 bits per heavy atom. The molecule has 0 radical (unpaired) electrons. The zero-order valence-electron chi connectivity index (χ0n) is 18.5. The molecule has 164 valence electrons. The molecule has 30 heavy (non-hydrogen) atoms. The standard InChI is InChI=1S/C24H34N2O4/c1-4-5-16-29-17-8-15-26-23(27)21(22(24(26)28)25-13-6-7-14-25)19-9-11-20(12-10-19)30-18(2)3/h9-12,18H,4-8,13-17H2,1-3H3. The van der Waals surface area contributed by atoms with Gasteiger partial charge in [-0.2, -0.15) is 0 Å². The van der Waals surface area contributed by atoms with Gasteiger partial charge >= 0.3 is 0 Å². The number of rotatable bonds is 11. The van der Waals surface area contributed by atoms with E-state index in [4.69, 9.17) is 9.47 Å². The van der Waals surface area contributed by atoms with Crippen LogP contribution in [0.15, 0.2) is 30.0 Å². The van der Waals surface area contributed by atoms with Crippen LogP contribution in [-0.2, 0) is 14.3 Å². The summed E-state index contributed by atoms with van der Waals surface area (Å²) in [5.74, 6) is 0.385. The van der Waals surface area contributed by atoms with E-state index in [2.05, 4.69) is 11.8 Å². The maximum atomic E-state index is 13.3. The van der Waals surface area contributed by atoms with Crippen LogP contribution in [0.25, 0.3) is 5.57 Å². The highest BCUT2D eigenvalue weighted by molar-refractivity contribution is 6.35. The zero-order valence-corrected chi connectivity index (χ0v) is 18.5. The number of imide groups is 1. The SMILES string of the molecule is CCCCOCCCN1C(=O)C(c2ccc(OC(C)C)cc2)=C(N2CCCC2)C1=O. The smallest absolute Gasteiger partial charge is 0.277 e. The first-order chi connectivity index (χ1) is 14.5.